The van der Waals surface area contributed by atoms with Crippen molar-refractivity contribution < 1.29 is 9.53 Å². The Morgan fingerprint density at radius 1 is 1.19 bits per heavy atom. The quantitative estimate of drug-likeness (QED) is 0.372. The van der Waals surface area contributed by atoms with E-state index in [1.165, 1.54) is 44.1 Å². The largest absolute Gasteiger partial charge is 0.494 e. The zero-order chi connectivity index (χ0) is 18.6. The Morgan fingerprint density at radius 2 is 2.00 bits per heavy atom. The molecular formula is C21H30N2O2S. The fourth-order valence-electron chi connectivity index (χ4n) is 2.93. The molecule has 0 spiro atoms. The van der Waals surface area contributed by atoms with Gasteiger partial charge in [0.15, 0.2) is 5.11 Å². The summed E-state index contributed by atoms with van der Waals surface area (Å²) in [6, 6.07) is 7.18. The molecule has 0 bridgehead atoms. The number of carbonyl (C=O) groups excluding carboxylic acids is 1. The first-order valence-corrected chi connectivity index (χ1v) is 10.1. The Hall–Kier alpha value is -1.88. The van der Waals surface area contributed by atoms with E-state index in [2.05, 4.69) is 23.6 Å². The van der Waals surface area contributed by atoms with Gasteiger partial charge in [-0.1, -0.05) is 31.4 Å². The van der Waals surface area contributed by atoms with Gasteiger partial charge in [0.2, 0.25) is 0 Å². The molecule has 26 heavy (non-hydrogen) atoms. The number of thiocarbonyl (C=S) groups is 1. The van der Waals surface area contributed by atoms with Crippen molar-refractivity contribution in [3.8, 4) is 5.75 Å². The molecule has 0 aliphatic heterocycles. The maximum atomic E-state index is 12.2. The molecule has 1 aromatic carbocycles. The third-order valence-electron chi connectivity index (χ3n) is 4.48. The first-order valence-electron chi connectivity index (χ1n) is 9.69. The Kier molecular flexibility index (Phi) is 9.18. The second kappa shape index (κ2) is 11.7. The van der Waals surface area contributed by atoms with Crippen molar-refractivity contribution in [3.63, 3.8) is 0 Å². The molecule has 0 atom stereocenters. The van der Waals surface area contributed by atoms with Crippen LogP contribution in [0.15, 0.2) is 35.9 Å². The Morgan fingerprint density at radius 3 is 2.69 bits per heavy atom. The maximum Gasteiger partial charge on any atom is 0.257 e. The van der Waals surface area contributed by atoms with Crippen LogP contribution in [0.2, 0.25) is 0 Å². The van der Waals surface area contributed by atoms with E-state index in [1.807, 2.05) is 12.1 Å². The molecule has 0 unspecified atom stereocenters. The van der Waals surface area contributed by atoms with Crippen molar-refractivity contribution in [1.82, 2.24) is 10.6 Å². The highest BCUT2D eigenvalue weighted by Crippen LogP contribution is 2.19. The molecule has 142 valence electrons. The SMILES string of the molecule is CCCCCOc1ccc(C(=O)NC(=S)NCCC2=CCCCC2)cc1. The van der Waals surface area contributed by atoms with Crippen LogP contribution in [0.25, 0.3) is 0 Å². The summed E-state index contributed by atoms with van der Waals surface area (Å²) < 4.78 is 5.66. The van der Waals surface area contributed by atoms with Crippen molar-refractivity contribution in [3.05, 3.63) is 41.5 Å². The first-order chi connectivity index (χ1) is 12.7. The van der Waals surface area contributed by atoms with Gasteiger partial charge in [-0.25, -0.2) is 0 Å². The predicted molar refractivity (Wildman–Crippen MR) is 111 cm³/mol. The van der Waals surface area contributed by atoms with E-state index in [0.717, 1.165) is 25.1 Å². The number of benzene rings is 1. The minimum atomic E-state index is -0.197. The molecule has 0 aromatic heterocycles. The minimum Gasteiger partial charge on any atom is -0.494 e. The van der Waals surface area contributed by atoms with Gasteiger partial charge in [-0.15, -0.1) is 0 Å². The monoisotopic (exact) mass is 374 g/mol. The lowest BCUT2D eigenvalue weighted by Gasteiger charge is -2.14. The fourth-order valence-corrected chi connectivity index (χ4v) is 3.13. The molecule has 2 N–H and O–H groups in total. The molecular weight excluding hydrogens is 344 g/mol. The summed E-state index contributed by atoms with van der Waals surface area (Å²) in [6.07, 6.45) is 11.7. The molecule has 1 aliphatic carbocycles. The molecule has 1 amide bonds. The molecule has 2 rings (SSSR count). The number of hydrogen-bond donors (Lipinski definition) is 2. The van der Waals surface area contributed by atoms with E-state index in [1.54, 1.807) is 12.1 Å². The van der Waals surface area contributed by atoms with E-state index in [0.29, 0.717) is 17.3 Å². The van der Waals surface area contributed by atoms with Crippen LogP contribution in [0.1, 0.15) is 68.6 Å². The number of carbonyl (C=O) groups is 1. The molecule has 1 aliphatic rings. The average molecular weight is 375 g/mol. The Labute approximate surface area is 162 Å². The zero-order valence-corrected chi connectivity index (χ0v) is 16.5. The van der Waals surface area contributed by atoms with Gasteiger partial charge in [0.1, 0.15) is 5.75 Å². The number of unbranched alkanes of at least 4 members (excludes halogenated alkanes) is 2. The van der Waals surface area contributed by atoms with Crippen molar-refractivity contribution >= 4 is 23.2 Å². The van der Waals surface area contributed by atoms with E-state index in [-0.39, 0.29) is 5.91 Å². The lowest BCUT2D eigenvalue weighted by Crippen LogP contribution is -2.39. The van der Waals surface area contributed by atoms with E-state index in [4.69, 9.17) is 17.0 Å². The number of nitrogens with one attached hydrogen (secondary N) is 2. The molecule has 0 heterocycles. The van der Waals surface area contributed by atoms with Gasteiger partial charge in [0.25, 0.3) is 5.91 Å². The Bertz CT molecular complexity index is 611. The molecule has 0 radical (unpaired) electrons. The number of allylic oxidation sites excluding steroid dienone is 1. The number of hydrogen-bond acceptors (Lipinski definition) is 3. The van der Waals surface area contributed by atoms with E-state index >= 15 is 0 Å². The van der Waals surface area contributed by atoms with Gasteiger partial charge in [-0.05, 0) is 75.0 Å². The van der Waals surface area contributed by atoms with E-state index < -0.39 is 0 Å². The standard InChI is InChI=1S/C21H30N2O2S/c1-2-3-7-16-25-19-12-10-18(11-13-19)20(24)23-21(26)22-15-14-17-8-5-4-6-9-17/h8,10-13H,2-7,9,14-16H2,1H3,(H2,22,23,24,26). The normalized spacial score (nSPS) is 13.7. The van der Waals surface area contributed by atoms with Gasteiger partial charge >= 0.3 is 0 Å². The van der Waals surface area contributed by atoms with Crippen LogP contribution in [-0.4, -0.2) is 24.2 Å². The highest BCUT2D eigenvalue weighted by atomic mass is 32.1. The summed E-state index contributed by atoms with van der Waals surface area (Å²) in [5.41, 5.74) is 2.07. The van der Waals surface area contributed by atoms with Gasteiger partial charge in [-0.2, -0.15) is 0 Å². The summed E-state index contributed by atoms with van der Waals surface area (Å²) in [5, 5.41) is 6.23. The van der Waals surface area contributed by atoms with Crippen molar-refractivity contribution in [2.24, 2.45) is 0 Å². The van der Waals surface area contributed by atoms with Gasteiger partial charge < -0.3 is 10.1 Å². The summed E-state index contributed by atoms with van der Waals surface area (Å²) in [7, 11) is 0. The number of rotatable bonds is 9. The second-order valence-corrected chi connectivity index (χ2v) is 7.06. The van der Waals surface area contributed by atoms with Crippen LogP contribution in [0.4, 0.5) is 0 Å². The van der Waals surface area contributed by atoms with Crippen LogP contribution < -0.4 is 15.4 Å². The molecule has 4 nitrogen and oxygen atoms in total. The van der Waals surface area contributed by atoms with Crippen LogP contribution in [0, 0.1) is 0 Å². The first kappa shape index (κ1) is 20.4. The number of amides is 1. The highest BCUT2D eigenvalue weighted by Gasteiger charge is 2.08. The summed E-state index contributed by atoms with van der Waals surface area (Å²) in [6.45, 7) is 3.64. The summed E-state index contributed by atoms with van der Waals surface area (Å²) in [4.78, 5) is 12.2. The lowest BCUT2D eigenvalue weighted by atomic mass is 9.97. The van der Waals surface area contributed by atoms with Crippen LogP contribution in [-0.2, 0) is 0 Å². The molecule has 1 aromatic rings. The molecule has 0 fully saturated rings. The van der Waals surface area contributed by atoms with Crippen LogP contribution in [0.3, 0.4) is 0 Å². The smallest absolute Gasteiger partial charge is 0.257 e. The molecule has 0 saturated carbocycles. The van der Waals surface area contributed by atoms with Crippen molar-refractivity contribution in [2.75, 3.05) is 13.2 Å². The highest BCUT2D eigenvalue weighted by molar-refractivity contribution is 7.80. The zero-order valence-electron chi connectivity index (χ0n) is 15.7. The number of ether oxygens (including phenoxy) is 1. The van der Waals surface area contributed by atoms with Gasteiger partial charge in [-0.3, -0.25) is 10.1 Å². The fraction of sp³-hybridized carbons (Fsp3) is 0.524. The maximum absolute atomic E-state index is 12.2. The predicted octanol–water partition coefficient (Wildman–Crippen LogP) is 4.75. The molecule has 0 saturated heterocycles. The second-order valence-electron chi connectivity index (χ2n) is 6.65. The Balaban J connectivity index is 1.69. The van der Waals surface area contributed by atoms with Gasteiger partial charge in [0.05, 0.1) is 6.61 Å². The summed E-state index contributed by atoms with van der Waals surface area (Å²) >= 11 is 5.22. The van der Waals surface area contributed by atoms with E-state index in [9.17, 15) is 4.79 Å². The third-order valence-corrected chi connectivity index (χ3v) is 4.72. The average Bonchev–Trinajstić information content (AvgIpc) is 2.66. The molecule has 5 heteroatoms. The van der Waals surface area contributed by atoms with Crippen LogP contribution in [0.5, 0.6) is 5.75 Å². The third kappa shape index (κ3) is 7.56. The lowest BCUT2D eigenvalue weighted by molar-refractivity contribution is 0.0976. The van der Waals surface area contributed by atoms with Crippen molar-refractivity contribution in [1.29, 1.82) is 0 Å². The minimum absolute atomic E-state index is 0.197. The van der Waals surface area contributed by atoms with Gasteiger partial charge in [0, 0.05) is 12.1 Å². The van der Waals surface area contributed by atoms with Crippen molar-refractivity contribution in [2.45, 2.75) is 58.3 Å². The summed E-state index contributed by atoms with van der Waals surface area (Å²) in [5.74, 6) is 0.594. The topological polar surface area (TPSA) is 50.4 Å². The van der Waals surface area contributed by atoms with Crippen LogP contribution >= 0.6 is 12.2 Å².